The van der Waals surface area contributed by atoms with Crippen LogP contribution in [0.3, 0.4) is 0 Å². The van der Waals surface area contributed by atoms with Gasteiger partial charge < -0.3 is 14.4 Å². The topological polar surface area (TPSA) is 75.0 Å². The molecule has 1 aliphatic heterocycles. The molecule has 6 heteroatoms. The lowest BCUT2D eigenvalue weighted by atomic mass is 10.1. The van der Waals surface area contributed by atoms with Crippen molar-refractivity contribution in [2.75, 3.05) is 11.4 Å². The number of benzene rings is 2. The molecule has 4 aromatic rings. The van der Waals surface area contributed by atoms with E-state index in [1.165, 1.54) is 0 Å². The smallest absolute Gasteiger partial charge is 0.231 e. The number of hydrogen-bond acceptors (Lipinski definition) is 4. The maximum Gasteiger partial charge on any atom is 0.231 e. The second-order valence-corrected chi connectivity index (χ2v) is 7.27. The molecule has 28 heavy (non-hydrogen) atoms. The molecule has 0 radical (unpaired) electrons. The van der Waals surface area contributed by atoms with Crippen LogP contribution in [-0.4, -0.2) is 27.6 Å². The fraction of sp³-hybridized carbons (Fsp3) is 0.227. The van der Waals surface area contributed by atoms with E-state index in [-0.39, 0.29) is 11.8 Å². The largest absolute Gasteiger partial charge is 0.361 e. The number of para-hydroxylation sites is 2. The molecule has 0 saturated carbocycles. The monoisotopic (exact) mass is 372 g/mol. The molecule has 2 aromatic heterocycles. The number of anilines is 1. The summed E-state index contributed by atoms with van der Waals surface area (Å²) in [4.78, 5) is 22.2. The second kappa shape index (κ2) is 6.64. The number of aromatic amines is 1. The molecule has 0 bridgehead atoms. The zero-order valence-electron chi connectivity index (χ0n) is 15.6. The Bertz CT molecular complexity index is 1160. The lowest BCUT2D eigenvalue weighted by molar-refractivity contribution is -0.117. The number of rotatable bonds is 4. The van der Waals surface area contributed by atoms with Gasteiger partial charge in [-0.25, -0.2) is 0 Å². The lowest BCUT2D eigenvalue weighted by Crippen LogP contribution is -2.25. The minimum atomic E-state index is -0.0485. The van der Waals surface area contributed by atoms with Gasteiger partial charge in [0.1, 0.15) is 0 Å². The third-order valence-corrected chi connectivity index (χ3v) is 5.40. The van der Waals surface area contributed by atoms with Crippen molar-refractivity contribution in [2.24, 2.45) is 0 Å². The van der Waals surface area contributed by atoms with Crippen LogP contribution in [0.1, 0.15) is 35.2 Å². The van der Waals surface area contributed by atoms with E-state index in [0.29, 0.717) is 31.1 Å². The molecule has 0 aliphatic carbocycles. The average Bonchev–Trinajstić information content (AvgIpc) is 3.42. The molecule has 0 spiro atoms. The van der Waals surface area contributed by atoms with Crippen molar-refractivity contribution >= 4 is 22.5 Å². The Hall–Kier alpha value is -3.41. The third kappa shape index (κ3) is 2.87. The van der Waals surface area contributed by atoms with E-state index in [1.807, 2.05) is 60.5 Å². The number of nitrogens with zero attached hydrogens (tertiary/aromatic N) is 3. The number of carbonyl (C=O) groups is 1. The minimum absolute atomic E-state index is 0.0485. The van der Waals surface area contributed by atoms with Crippen LogP contribution in [0.25, 0.3) is 10.9 Å². The highest BCUT2D eigenvalue weighted by Crippen LogP contribution is 2.32. The lowest BCUT2D eigenvalue weighted by Gasteiger charge is -2.18. The molecule has 1 aliphatic rings. The first-order valence-corrected chi connectivity index (χ1v) is 9.42. The normalized spacial score (nSPS) is 17.0. The summed E-state index contributed by atoms with van der Waals surface area (Å²) in [6.07, 6.45) is 2.95. The number of H-pyrrole nitrogens is 1. The van der Waals surface area contributed by atoms with Gasteiger partial charge in [0.25, 0.3) is 0 Å². The zero-order chi connectivity index (χ0) is 19.1. The molecular formula is C22H20N4O2. The van der Waals surface area contributed by atoms with Crippen LogP contribution in [-0.2, 0) is 11.2 Å². The molecule has 1 saturated heterocycles. The Balaban J connectivity index is 1.35. The van der Waals surface area contributed by atoms with Crippen molar-refractivity contribution in [1.82, 2.24) is 15.1 Å². The predicted molar refractivity (Wildman–Crippen MR) is 106 cm³/mol. The van der Waals surface area contributed by atoms with Crippen LogP contribution < -0.4 is 4.90 Å². The van der Waals surface area contributed by atoms with Crippen molar-refractivity contribution in [1.29, 1.82) is 0 Å². The Kier molecular flexibility index (Phi) is 3.97. The summed E-state index contributed by atoms with van der Waals surface area (Å²) < 4.78 is 5.49. The van der Waals surface area contributed by atoms with E-state index in [9.17, 15) is 4.79 Å². The van der Waals surface area contributed by atoms with Gasteiger partial charge in [-0.15, -0.1) is 0 Å². The van der Waals surface area contributed by atoms with Crippen molar-refractivity contribution in [3.05, 3.63) is 77.6 Å². The van der Waals surface area contributed by atoms with Gasteiger partial charge in [-0.1, -0.05) is 41.6 Å². The van der Waals surface area contributed by atoms with Crippen LogP contribution in [0.2, 0.25) is 0 Å². The average molecular weight is 372 g/mol. The number of aromatic nitrogens is 3. The molecule has 3 heterocycles. The van der Waals surface area contributed by atoms with Crippen molar-refractivity contribution in [3.63, 3.8) is 0 Å². The van der Waals surface area contributed by atoms with E-state index in [1.54, 1.807) is 0 Å². The van der Waals surface area contributed by atoms with Crippen molar-refractivity contribution in [3.8, 4) is 0 Å². The van der Waals surface area contributed by atoms with E-state index in [2.05, 4.69) is 21.2 Å². The Morgan fingerprint density at radius 1 is 1.18 bits per heavy atom. The quantitative estimate of drug-likeness (QED) is 0.588. The Morgan fingerprint density at radius 2 is 2.00 bits per heavy atom. The van der Waals surface area contributed by atoms with Crippen LogP contribution >= 0.6 is 0 Å². The standard InChI is InChI=1S/C22H20N4O2/c1-14-6-2-5-9-19(14)26-13-16(11-21(26)27)22-24-20(28-25-22)10-15-12-23-18-8-4-3-7-17(15)18/h2-9,12,16,23H,10-11,13H2,1H3. The Labute approximate surface area is 162 Å². The summed E-state index contributed by atoms with van der Waals surface area (Å²) in [6, 6.07) is 16.1. The van der Waals surface area contributed by atoms with E-state index < -0.39 is 0 Å². The zero-order valence-corrected chi connectivity index (χ0v) is 15.6. The highest BCUT2D eigenvalue weighted by atomic mass is 16.5. The maximum absolute atomic E-state index is 12.6. The van der Waals surface area contributed by atoms with Gasteiger partial charge in [-0.3, -0.25) is 4.79 Å². The minimum Gasteiger partial charge on any atom is -0.361 e. The number of amides is 1. The van der Waals surface area contributed by atoms with Crippen LogP contribution in [0, 0.1) is 6.92 Å². The summed E-state index contributed by atoms with van der Waals surface area (Å²) in [6.45, 7) is 2.60. The highest BCUT2D eigenvalue weighted by Gasteiger charge is 2.35. The first kappa shape index (κ1) is 16.7. The third-order valence-electron chi connectivity index (χ3n) is 5.40. The summed E-state index contributed by atoms with van der Waals surface area (Å²) in [5, 5.41) is 5.33. The SMILES string of the molecule is Cc1ccccc1N1CC(c2noc(Cc3c[nH]c4ccccc34)n2)CC1=O. The summed E-state index contributed by atoms with van der Waals surface area (Å²) in [5.74, 6) is 1.23. The van der Waals surface area contributed by atoms with Gasteiger partial charge in [-0.05, 0) is 30.2 Å². The fourth-order valence-corrected chi connectivity index (χ4v) is 3.93. The van der Waals surface area contributed by atoms with Crippen LogP contribution in [0.4, 0.5) is 5.69 Å². The van der Waals surface area contributed by atoms with Crippen molar-refractivity contribution in [2.45, 2.75) is 25.7 Å². The molecule has 1 unspecified atom stereocenters. The molecule has 1 fully saturated rings. The fourth-order valence-electron chi connectivity index (χ4n) is 3.93. The molecule has 1 amide bonds. The number of hydrogen-bond donors (Lipinski definition) is 1. The van der Waals surface area contributed by atoms with E-state index in [4.69, 9.17) is 4.52 Å². The first-order valence-electron chi connectivity index (χ1n) is 9.42. The molecule has 1 atom stereocenters. The van der Waals surface area contributed by atoms with Gasteiger partial charge in [0, 0.05) is 41.7 Å². The Morgan fingerprint density at radius 3 is 2.89 bits per heavy atom. The first-order chi connectivity index (χ1) is 13.7. The van der Waals surface area contributed by atoms with Gasteiger partial charge in [-0.2, -0.15) is 4.98 Å². The van der Waals surface area contributed by atoms with Gasteiger partial charge in [0.15, 0.2) is 5.82 Å². The molecule has 1 N–H and O–H groups in total. The summed E-state index contributed by atoms with van der Waals surface area (Å²) in [5.41, 5.74) is 4.25. The molecule has 5 rings (SSSR count). The number of carbonyl (C=O) groups excluding carboxylic acids is 1. The van der Waals surface area contributed by atoms with Gasteiger partial charge in [0.2, 0.25) is 11.8 Å². The van der Waals surface area contributed by atoms with E-state index in [0.717, 1.165) is 27.7 Å². The molecule has 2 aromatic carbocycles. The number of nitrogens with one attached hydrogen (secondary N) is 1. The predicted octanol–water partition coefficient (Wildman–Crippen LogP) is 3.97. The van der Waals surface area contributed by atoms with E-state index >= 15 is 0 Å². The van der Waals surface area contributed by atoms with Crippen LogP contribution in [0.15, 0.2) is 59.3 Å². The van der Waals surface area contributed by atoms with Crippen LogP contribution in [0.5, 0.6) is 0 Å². The molecule has 6 nitrogen and oxygen atoms in total. The van der Waals surface area contributed by atoms with Gasteiger partial charge in [0.05, 0.1) is 6.42 Å². The second-order valence-electron chi connectivity index (χ2n) is 7.27. The highest BCUT2D eigenvalue weighted by molar-refractivity contribution is 5.97. The number of fused-ring (bicyclic) bond motifs is 1. The number of aryl methyl sites for hydroxylation is 1. The van der Waals surface area contributed by atoms with Crippen molar-refractivity contribution < 1.29 is 9.32 Å². The maximum atomic E-state index is 12.6. The van der Waals surface area contributed by atoms with Gasteiger partial charge >= 0.3 is 0 Å². The summed E-state index contributed by atoms with van der Waals surface area (Å²) >= 11 is 0. The molecular weight excluding hydrogens is 352 g/mol. The molecule has 140 valence electrons. The summed E-state index contributed by atoms with van der Waals surface area (Å²) in [7, 11) is 0.